The van der Waals surface area contributed by atoms with Gasteiger partial charge in [0.1, 0.15) is 17.5 Å². The van der Waals surface area contributed by atoms with Gasteiger partial charge in [-0.1, -0.05) is 13.8 Å². The van der Waals surface area contributed by atoms with Gasteiger partial charge < -0.3 is 15.0 Å². The van der Waals surface area contributed by atoms with E-state index in [1.165, 1.54) is 56.4 Å². The summed E-state index contributed by atoms with van der Waals surface area (Å²) >= 11 is 0. The number of fused-ring (bicyclic) bond motifs is 1. The Bertz CT molecular complexity index is 960. The summed E-state index contributed by atoms with van der Waals surface area (Å²) in [5, 5.41) is 3.54. The molecule has 170 valence electrons. The van der Waals surface area contributed by atoms with E-state index < -0.39 is 0 Å². The van der Waals surface area contributed by atoms with Gasteiger partial charge in [0.05, 0.1) is 19.3 Å². The van der Waals surface area contributed by atoms with Crippen molar-refractivity contribution in [2.24, 2.45) is 5.92 Å². The molecule has 2 aromatic heterocycles. The van der Waals surface area contributed by atoms with Gasteiger partial charge in [-0.05, 0) is 91.9 Å². The van der Waals surface area contributed by atoms with Crippen molar-refractivity contribution < 1.29 is 4.74 Å². The maximum Gasteiger partial charge on any atom is 0.134 e. The van der Waals surface area contributed by atoms with Crippen LogP contribution in [0.15, 0.2) is 30.5 Å². The molecule has 5 aliphatic rings. The van der Waals surface area contributed by atoms with E-state index in [0.717, 1.165) is 36.6 Å². The third kappa shape index (κ3) is 3.88. The predicted molar refractivity (Wildman–Crippen MR) is 128 cm³/mol. The second-order valence-corrected chi connectivity index (χ2v) is 10.5. The summed E-state index contributed by atoms with van der Waals surface area (Å²) < 4.78 is 5.41. The molecule has 6 heteroatoms. The fraction of sp³-hybridized carbons (Fsp3) is 0.615. The van der Waals surface area contributed by atoms with Gasteiger partial charge in [0.15, 0.2) is 0 Å². The largest absolute Gasteiger partial charge is 0.378 e. The minimum Gasteiger partial charge on any atom is -0.378 e. The molecule has 0 aromatic carbocycles. The van der Waals surface area contributed by atoms with Gasteiger partial charge in [0.25, 0.3) is 0 Å². The van der Waals surface area contributed by atoms with Gasteiger partial charge in [-0.15, -0.1) is 0 Å². The molecule has 7 rings (SSSR count). The highest BCUT2D eigenvalue weighted by atomic mass is 16.5. The minimum atomic E-state index is 0.482. The third-order valence-corrected chi connectivity index (χ3v) is 8.08. The van der Waals surface area contributed by atoms with Crippen molar-refractivity contribution in [1.82, 2.24) is 14.9 Å². The molecule has 6 heterocycles. The minimum absolute atomic E-state index is 0.482. The summed E-state index contributed by atoms with van der Waals surface area (Å²) in [5.74, 6) is 4.93. The summed E-state index contributed by atoms with van der Waals surface area (Å²) in [6, 6.07) is 10.3. The van der Waals surface area contributed by atoms with E-state index in [9.17, 15) is 0 Å². The SMILES string of the molecule is CC(C)c1ccnc(Nc2cc(C3CCN(C4COC4)CC3)cc(N3CC4CC3C4)n2)c1. The van der Waals surface area contributed by atoms with Gasteiger partial charge in [-0.25, -0.2) is 9.97 Å². The van der Waals surface area contributed by atoms with Crippen LogP contribution in [-0.4, -0.2) is 59.8 Å². The number of piperidine rings is 1. The van der Waals surface area contributed by atoms with Crippen molar-refractivity contribution in [1.29, 1.82) is 0 Å². The highest BCUT2D eigenvalue weighted by molar-refractivity contribution is 5.59. The molecule has 2 bridgehead atoms. The molecule has 0 unspecified atom stereocenters. The van der Waals surface area contributed by atoms with E-state index in [1.807, 2.05) is 6.20 Å². The first kappa shape index (κ1) is 20.4. The van der Waals surface area contributed by atoms with Crippen LogP contribution in [0, 0.1) is 5.92 Å². The quantitative estimate of drug-likeness (QED) is 0.723. The zero-order chi connectivity index (χ0) is 21.7. The zero-order valence-electron chi connectivity index (χ0n) is 19.3. The molecule has 5 fully saturated rings. The Morgan fingerprint density at radius 3 is 2.50 bits per heavy atom. The van der Waals surface area contributed by atoms with Crippen molar-refractivity contribution in [3.8, 4) is 0 Å². The molecule has 0 atom stereocenters. The number of hydrogen-bond acceptors (Lipinski definition) is 6. The average Bonchev–Trinajstić information content (AvgIpc) is 3.35. The highest BCUT2D eigenvalue weighted by Crippen LogP contribution is 2.44. The fourth-order valence-corrected chi connectivity index (χ4v) is 5.83. The zero-order valence-corrected chi connectivity index (χ0v) is 19.3. The van der Waals surface area contributed by atoms with Crippen LogP contribution in [0.5, 0.6) is 0 Å². The number of pyridine rings is 2. The summed E-state index contributed by atoms with van der Waals surface area (Å²) in [4.78, 5) is 14.8. The normalized spacial score (nSPS) is 26.3. The lowest BCUT2D eigenvalue weighted by atomic mass is 9.86. The van der Waals surface area contributed by atoms with Crippen LogP contribution in [0.3, 0.4) is 0 Å². The Labute approximate surface area is 191 Å². The lowest BCUT2D eigenvalue weighted by Crippen LogP contribution is -2.51. The highest BCUT2D eigenvalue weighted by Gasteiger charge is 2.43. The monoisotopic (exact) mass is 433 g/mol. The Morgan fingerprint density at radius 2 is 1.84 bits per heavy atom. The van der Waals surface area contributed by atoms with Crippen LogP contribution in [0.4, 0.5) is 17.5 Å². The van der Waals surface area contributed by atoms with Gasteiger partial charge in [0, 0.05) is 18.8 Å². The molecule has 1 N–H and O–H groups in total. The summed E-state index contributed by atoms with van der Waals surface area (Å²) in [6.07, 6.45) is 7.01. The molecule has 1 aliphatic carbocycles. The number of nitrogens with zero attached hydrogens (tertiary/aromatic N) is 4. The van der Waals surface area contributed by atoms with E-state index in [-0.39, 0.29) is 0 Å². The van der Waals surface area contributed by atoms with Gasteiger partial charge >= 0.3 is 0 Å². The molecule has 0 amide bonds. The predicted octanol–water partition coefficient (Wildman–Crippen LogP) is 4.52. The van der Waals surface area contributed by atoms with Crippen molar-refractivity contribution >= 4 is 17.5 Å². The third-order valence-electron chi connectivity index (χ3n) is 8.08. The van der Waals surface area contributed by atoms with Gasteiger partial charge in [0.2, 0.25) is 0 Å². The number of hydrogen-bond donors (Lipinski definition) is 1. The maximum atomic E-state index is 5.41. The van der Waals surface area contributed by atoms with Crippen LogP contribution in [0.1, 0.15) is 62.5 Å². The van der Waals surface area contributed by atoms with Crippen LogP contribution < -0.4 is 10.2 Å². The number of aromatic nitrogens is 2. The molecule has 6 nitrogen and oxygen atoms in total. The molecular formula is C26H35N5O. The van der Waals surface area contributed by atoms with E-state index in [4.69, 9.17) is 9.72 Å². The molecule has 0 radical (unpaired) electrons. The first-order chi connectivity index (χ1) is 15.6. The van der Waals surface area contributed by atoms with Gasteiger partial charge in [-0.2, -0.15) is 0 Å². The molecule has 0 spiro atoms. The van der Waals surface area contributed by atoms with Crippen molar-refractivity contribution in [2.75, 3.05) is 43.1 Å². The van der Waals surface area contributed by atoms with E-state index in [2.05, 4.69) is 58.2 Å². The number of likely N-dealkylation sites (tertiary alicyclic amines) is 1. The Kier molecular flexibility index (Phi) is 5.30. The first-order valence-electron chi connectivity index (χ1n) is 12.5. The van der Waals surface area contributed by atoms with E-state index in [1.54, 1.807) is 0 Å². The smallest absolute Gasteiger partial charge is 0.134 e. The second-order valence-electron chi connectivity index (χ2n) is 10.5. The topological polar surface area (TPSA) is 53.5 Å². The van der Waals surface area contributed by atoms with E-state index in [0.29, 0.717) is 23.9 Å². The molecule has 4 aliphatic heterocycles. The first-order valence-corrected chi connectivity index (χ1v) is 12.5. The number of nitrogens with one attached hydrogen (secondary N) is 1. The molecule has 1 saturated carbocycles. The van der Waals surface area contributed by atoms with Crippen LogP contribution in [0.25, 0.3) is 0 Å². The fourth-order valence-electron chi connectivity index (χ4n) is 5.83. The molecule has 2 aromatic rings. The van der Waals surface area contributed by atoms with E-state index >= 15 is 0 Å². The second kappa shape index (κ2) is 8.31. The van der Waals surface area contributed by atoms with Crippen molar-refractivity contribution in [3.63, 3.8) is 0 Å². The number of anilines is 3. The van der Waals surface area contributed by atoms with Crippen LogP contribution in [-0.2, 0) is 4.74 Å². The van der Waals surface area contributed by atoms with Crippen molar-refractivity contribution in [2.45, 2.75) is 63.5 Å². The number of rotatable bonds is 6. The lowest BCUT2D eigenvalue weighted by molar-refractivity contribution is -0.0712. The molecular weight excluding hydrogens is 398 g/mol. The summed E-state index contributed by atoms with van der Waals surface area (Å²) in [5.41, 5.74) is 2.73. The Balaban J connectivity index is 1.25. The average molecular weight is 434 g/mol. The Morgan fingerprint density at radius 1 is 1.03 bits per heavy atom. The number of ether oxygens (including phenoxy) is 1. The van der Waals surface area contributed by atoms with Crippen LogP contribution >= 0.6 is 0 Å². The van der Waals surface area contributed by atoms with Crippen LogP contribution in [0.2, 0.25) is 0 Å². The maximum absolute atomic E-state index is 5.41. The summed E-state index contributed by atoms with van der Waals surface area (Å²) in [6.45, 7) is 9.78. The standard InChI is InChI=1S/C26H35N5O/c1-17(2)20-3-6-27-24(11-20)28-25-12-21(13-26(29-25)31-14-18-9-22(31)10-18)19-4-7-30(8-5-19)23-15-32-16-23/h3,6,11-13,17-19,22-23H,4-5,7-10,14-16H2,1-2H3,(H,27,28,29). The molecule has 32 heavy (non-hydrogen) atoms. The summed E-state index contributed by atoms with van der Waals surface area (Å²) in [7, 11) is 0. The Hall–Kier alpha value is -2.18. The lowest BCUT2D eigenvalue weighted by Gasteiger charge is -2.41. The molecule has 4 saturated heterocycles. The van der Waals surface area contributed by atoms with Gasteiger partial charge in [-0.3, -0.25) is 4.90 Å². The van der Waals surface area contributed by atoms with Crippen molar-refractivity contribution in [3.05, 3.63) is 41.6 Å².